The predicted molar refractivity (Wildman–Crippen MR) is 113 cm³/mol. The molecule has 1 aliphatic carbocycles. The zero-order chi connectivity index (χ0) is 17.3. The van der Waals surface area contributed by atoms with E-state index in [9.17, 15) is 8.42 Å². The molecule has 1 saturated carbocycles. The number of nitrogens with zero attached hydrogens (tertiary/aromatic N) is 1. The van der Waals surface area contributed by atoms with Crippen LogP contribution in [0.25, 0.3) is 0 Å². The van der Waals surface area contributed by atoms with Gasteiger partial charge in [0.2, 0.25) is 10.0 Å². The van der Waals surface area contributed by atoms with Crippen molar-refractivity contribution in [2.75, 3.05) is 25.4 Å². The van der Waals surface area contributed by atoms with Crippen molar-refractivity contribution >= 4 is 40.0 Å². The molecule has 0 heterocycles. The van der Waals surface area contributed by atoms with E-state index in [-0.39, 0.29) is 29.7 Å². The van der Waals surface area contributed by atoms with Crippen LogP contribution in [0.15, 0.2) is 4.99 Å². The summed E-state index contributed by atoms with van der Waals surface area (Å²) >= 11 is 0. The van der Waals surface area contributed by atoms with Crippen LogP contribution in [0.1, 0.15) is 53.4 Å². The van der Waals surface area contributed by atoms with Gasteiger partial charge in [-0.2, -0.15) is 0 Å². The van der Waals surface area contributed by atoms with Gasteiger partial charge in [0.1, 0.15) is 0 Å². The van der Waals surface area contributed by atoms with Crippen molar-refractivity contribution < 1.29 is 8.42 Å². The van der Waals surface area contributed by atoms with Crippen LogP contribution in [0.4, 0.5) is 0 Å². The summed E-state index contributed by atoms with van der Waals surface area (Å²) in [5, 5.41) is 6.73. The van der Waals surface area contributed by atoms with Gasteiger partial charge in [0.15, 0.2) is 5.96 Å². The van der Waals surface area contributed by atoms with Crippen molar-refractivity contribution in [1.82, 2.24) is 15.4 Å². The van der Waals surface area contributed by atoms with Crippen LogP contribution in [0.3, 0.4) is 0 Å². The number of aliphatic imine (C=N–C) groups is 1. The molecule has 0 aromatic heterocycles. The molecule has 0 aromatic rings. The second kappa shape index (κ2) is 12.3. The van der Waals surface area contributed by atoms with E-state index in [1.54, 1.807) is 6.92 Å². The van der Waals surface area contributed by atoms with Gasteiger partial charge in [-0.3, -0.25) is 4.99 Å². The van der Waals surface area contributed by atoms with E-state index in [1.807, 2.05) is 6.92 Å². The lowest BCUT2D eigenvalue weighted by molar-refractivity contribution is 0.250. The van der Waals surface area contributed by atoms with E-state index in [1.165, 1.54) is 25.7 Å². The van der Waals surface area contributed by atoms with E-state index in [4.69, 9.17) is 0 Å². The van der Waals surface area contributed by atoms with Crippen molar-refractivity contribution in [3.8, 4) is 0 Å². The van der Waals surface area contributed by atoms with Gasteiger partial charge in [-0.05, 0) is 51.4 Å². The summed E-state index contributed by atoms with van der Waals surface area (Å²) in [4.78, 5) is 4.47. The molecule has 1 rings (SSSR count). The molecule has 0 bridgehead atoms. The zero-order valence-electron chi connectivity index (χ0n) is 15.5. The van der Waals surface area contributed by atoms with Crippen molar-refractivity contribution in [2.45, 2.75) is 59.4 Å². The highest BCUT2D eigenvalue weighted by Crippen LogP contribution is 2.29. The Morgan fingerprint density at radius 3 is 2.29 bits per heavy atom. The molecule has 0 aliphatic heterocycles. The van der Waals surface area contributed by atoms with Gasteiger partial charge in [0, 0.05) is 19.1 Å². The van der Waals surface area contributed by atoms with Crippen molar-refractivity contribution in [2.24, 2.45) is 16.8 Å². The number of nitrogens with one attached hydrogen (secondary N) is 3. The van der Waals surface area contributed by atoms with E-state index in [2.05, 4.69) is 34.2 Å². The van der Waals surface area contributed by atoms with Gasteiger partial charge in [0.25, 0.3) is 0 Å². The van der Waals surface area contributed by atoms with E-state index < -0.39 is 10.0 Å². The second-order valence-electron chi connectivity index (χ2n) is 6.56. The Morgan fingerprint density at radius 2 is 1.79 bits per heavy atom. The maximum absolute atomic E-state index is 11.4. The summed E-state index contributed by atoms with van der Waals surface area (Å²) in [6, 6.07) is 0.468. The van der Waals surface area contributed by atoms with Gasteiger partial charge < -0.3 is 10.6 Å². The lowest BCUT2D eigenvalue weighted by atomic mass is 9.80. The molecule has 144 valence electrons. The first kappa shape index (κ1) is 23.9. The molecule has 0 aromatic carbocycles. The number of rotatable bonds is 8. The highest BCUT2D eigenvalue weighted by Gasteiger charge is 2.23. The van der Waals surface area contributed by atoms with Crippen LogP contribution < -0.4 is 15.4 Å². The maximum atomic E-state index is 11.4. The van der Waals surface area contributed by atoms with E-state index >= 15 is 0 Å². The highest BCUT2D eigenvalue weighted by molar-refractivity contribution is 14.0. The van der Waals surface area contributed by atoms with Crippen LogP contribution in [-0.4, -0.2) is 45.8 Å². The molecular formula is C16H35IN4O2S. The molecule has 1 aliphatic rings. The van der Waals surface area contributed by atoms with E-state index in [0.29, 0.717) is 19.1 Å². The van der Waals surface area contributed by atoms with Gasteiger partial charge in [-0.1, -0.05) is 13.8 Å². The molecular weight excluding hydrogens is 439 g/mol. The minimum absolute atomic E-state index is 0. The summed E-state index contributed by atoms with van der Waals surface area (Å²) < 4.78 is 25.3. The Bertz CT molecular complexity index is 461. The van der Waals surface area contributed by atoms with Gasteiger partial charge in [-0.15, -0.1) is 24.0 Å². The Hall–Kier alpha value is -0.0900. The first-order valence-electron chi connectivity index (χ1n) is 8.90. The molecule has 0 unspecified atom stereocenters. The quantitative estimate of drug-likeness (QED) is 0.218. The Morgan fingerprint density at radius 1 is 1.17 bits per heavy atom. The fourth-order valence-electron chi connectivity index (χ4n) is 2.91. The van der Waals surface area contributed by atoms with Gasteiger partial charge in [-0.25, -0.2) is 13.1 Å². The number of hydrogen-bond donors (Lipinski definition) is 3. The van der Waals surface area contributed by atoms with Crippen molar-refractivity contribution in [3.05, 3.63) is 0 Å². The SMILES string of the molecule is CCNC(=NCCNS(=O)(=O)CC)NC1CCC(C(C)C)CC1.I. The number of halogens is 1. The van der Waals surface area contributed by atoms with Gasteiger partial charge >= 0.3 is 0 Å². The first-order chi connectivity index (χ1) is 10.9. The van der Waals surface area contributed by atoms with Crippen molar-refractivity contribution in [3.63, 3.8) is 0 Å². The first-order valence-corrected chi connectivity index (χ1v) is 10.5. The molecule has 0 amide bonds. The van der Waals surface area contributed by atoms with Crippen molar-refractivity contribution in [1.29, 1.82) is 0 Å². The smallest absolute Gasteiger partial charge is 0.211 e. The molecule has 3 N–H and O–H groups in total. The lowest BCUT2D eigenvalue weighted by Crippen LogP contribution is -2.45. The summed E-state index contributed by atoms with van der Waals surface area (Å²) in [6.07, 6.45) is 4.89. The Kier molecular flexibility index (Phi) is 12.2. The molecule has 1 fully saturated rings. The highest BCUT2D eigenvalue weighted by atomic mass is 127. The molecule has 0 radical (unpaired) electrons. The minimum Gasteiger partial charge on any atom is -0.357 e. The normalized spacial score (nSPS) is 22.1. The number of guanidine groups is 1. The van der Waals surface area contributed by atoms with Gasteiger partial charge in [0.05, 0.1) is 12.3 Å². The van der Waals surface area contributed by atoms with E-state index in [0.717, 1.165) is 24.3 Å². The van der Waals surface area contributed by atoms with Crippen LogP contribution >= 0.6 is 24.0 Å². The summed E-state index contributed by atoms with van der Waals surface area (Å²) in [7, 11) is -3.13. The topological polar surface area (TPSA) is 82.6 Å². The third-order valence-electron chi connectivity index (χ3n) is 4.48. The average molecular weight is 474 g/mol. The van der Waals surface area contributed by atoms with Crippen LogP contribution in [-0.2, 0) is 10.0 Å². The minimum atomic E-state index is -3.13. The summed E-state index contributed by atoms with van der Waals surface area (Å²) in [6.45, 7) is 9.86. The molecule has 0 saturated heterocycles. The standard InChI is InChI=1S/C16H34N4O2S.HI/c1-5-17-16(18-11-12-19-23(21,22)6-2)20-15-9-7-14(8-10-15)13(3)4;/h13-15,19H,5-12H2,1-4H3,(H2,17,18,20);1H. The number of hydrogen-bond acceptors (Lipinski definition) is 3. The molecule has 8 heteroatoms. The Labute approximate surface area is 165 Å². The number of sulfonamides is 1. The molecule has 24 heavy (non-hydrogen) atoms. The predicted octanol–water partition coefficient (Wildman–Crippen LogP) is 2.31. The fourth-order valence-corrected chi connectivity index (χ4v) is 3.52. The summed E-state index contributed by atoms with van der Waals surface area (Å²) in [5.41, 5.74) is 0. The summed E-state index contributed by atoms with van der Waals surface area (Å²) in [5.74, 6) is 2.50. The fraction of sp³-hybridized carbons (Fsp3) is 0.938. The molecule has 0 atom stereocenters. The zero-order valence-corrected chi connectivity index (χ0v) is 18.6. The molecule has 0 spiro atoms. The van der Waals surface area contributed by atoms with Crippen LogP contribution in [0, 0.1) is 11.8 Å². The monoisotopic (exact) mass is 474 g/mol. The third-order valence-corrected chi connectivity index (χ3v) is 5.89. The Balaban J connectivity index is 0.00000529. The second-order valence-corrected chi connectivity index (χ2v) is 8.65. The van der Waals surface area contributed by atoms with Crippen LogP contribution in [0.2, 0.25) is 0 Å². The maximum Gasteiger partial charge on any atom is 0.211 e. The largest absolute Gasteiger partial charge is 0.357 e. The third kappa shape index (κ3) is 9.41. The lowest BCUT2D eigenvalue weighted by Gasteiger charge is -2.32. The van der Waals surface area contributed by atoms with Crippen LogP contribution in [0.5, 0.6) is 0 Å². The average Bonchev–Trinajstić information content (AvgIpc) is 2.52. The molecule has 6 nitrogen and oxygen atoms in total.